The van der Waals surface area contributed by atoms with Crippen molar-refractivity contribution >= 4 is 23.9 Å². The van der Waals surface area contributed by atoms with Crippen molar-refractivity contribution in [3.8, 4) is 0 Å². The van der Waals surface area contributed by atoms with E-state index in [0.717, 1.165) is 0 Å². The first kappa shape index (κ1) is 19.1. The normalized spacial score (nSPS) is 11.4. The summed E-state index contributed by atoms with van der Waals surface area (Å²) in [5, 5.41) is 4.53. The van der Waals surface area contributed by atoms with Crippen LogP contribution in [0.5, 0.6) is 0 Å². The van der Waals surface area contributed by atoms with E-state index < -0.39 is 30.0 Å². The number of methoxy groups -OCH3 is 1. The minimum absolute atomic E-state index is 0.0233. The van der Waals surface area contributed by atoms with Gasteiger partial charge in [0.1, 0.15) is 0 Å². The molecule has 1 atom stereocenters. The van der Waals surface area contributed by atoms with E-state index in [1.807, 2.05) is 0 Å². The van der Waals surface area contributed by atoms with Crippen molar-refractivity contribution in [1.82, 2.24) is 10.6 Å². The summed E-state index contributed by atoms with van der Waals surface area (Å²) < 4.78 is 9.59. The van der Waals surface area contributed by atoms with Gasteiger partial charge in [0.05, 0.1) is 18.2 Å². The van der Waals surface area contributed by atoms with Crippen LogP contribution in [0.3, 0.4) is 0 Å². The maximum absolute atomic E-state index is 12.2. The summed E-state index contributed by atoms with van der Waals surface area (Å²) in [5.74, 6) is -2.35. The molecule has 1 aromatic carbocycles. The molecule has 1 unspecified atom stereocenters. The second kappa shape index (κ2) is 8.66. The largest absolute Gasteiger partial charge is 0.465 e. The number of amides is 3. The molecule has 1 aromatic rings. The molecule has 0 aliphatic carbocycles. The van der Waals surface area contributed by atoms with E-state index in [1.165, 1.54) is 26.2 Å². The van der Waals surface area contributed by atoms with Gasteiger partial charge in [-0.2, -0.15) is 0 Å². The summed E-state index contributed by atoms with van der Waals surface area (Å²) in [6.07, 6.45) is -1.22. The van der Waals surface area contributed by atoms with Gasteiger partial charge in [-0.3, -0.25) is 10.1 Å². The van der Waals surface area contributed by atoms with E-state index in [0.29, 0.717) is 0 Å². The quantitative estimate of drug-likeness (QED) is 0.783. The van der Waals surface area contributed by atoms with Crippen LogP contribution in [0.15, 0.2) is 24.3 Å². The molecule has 8 heteroatoms. The molecule has 24 heavy (non-hydrogen) atoms. The van der Waals surface area contributed by atoms with Crippen molar-refractivity contribution in [1.29, 1.82) is 0 Å². The molecule has 2 N–H and O–H groups in total. The smallest absolute Gasteiger partial charge is 0.339 e. The van der Waals surface area contributed by atoms with Crippen molar-refractivity contribution in [2.24, 2.45) is 0 Å². The summed E-state index contributed by atoms with van der Waals surface area (Å²) >= 11 is 0. The Morgan fingerprint density at radius 2 is 1.50 bits per heavy atom. The van der Waals surface area contributed by atoms with E-state index in [2.05, 4.69) is 15.4 Å². The number of carbonyl (C=O) groups excluding carboxylic acids is 4. The maximum atomic E-state index is 12.2. The highest BCUT2D eigenvalue weighted by Crippen LogP contribution is 2.12. The Kier molecular flexibility index (Phi) is 6.91. The average Bonchev–Trinajstić information content (AvgIpc) is 2.52. The minimum atomic E-state index is -1.22. The lowest BCUT2D eigenvalue weighted by Crippen LogP contribution is -2.46. The zero-order valence-corrected chi connectivity index (χ0v) is 13.9. The number of carbonyl (C=O) groups is 4. The van der Waals surface area contributed by atoms with Gasteiger partial charge in [-0.25, -0.2) is 14.4 Å². The molecule has 0 bridgehead atoms. The first-order valence-corrected chi connectivity index (χ1v) is 7.26. The molecule has 3 amide bonds. The molecule has 0 fully saturated rings. The zero-order chi connectivity index (χ0) is 18.3. The number of hydrogen-bond donors (Lipinski definition) is 2. The molecule has 0 heterocycles. The molecule has 0 aromatic heterocycles. The van der Waals surface area contributed by atoms with Crippen LogP contribution in [0.4, 0.5) is 4.79 Å². The van der Waals surface area contributed by atoms with Crippen molar-refractivity contribution < 1.29 is 28.7 Å². The number of imide groups is 1. The number of rotatable bonds is 5. The highest BCUT2D eigenvalue weighted by Gasteiger charge is 2.24. The van der Waals surface area contributed by atoms with Gasteiger partial charge in [-0.15, -0.1) is 0 Å². The standard InChI is InChI=1S/C16H20N2O6/c1-9(2)17-16(22)18-13(19)10(3)24-15(21)12-8-6-5-7-11(12)14(20)23-4/h5-10H,1-4H3,(H2,17,18,19,22). The van der Waals surface area contributed by atoms with E-state index in [9.17, 15) is 19.2 Å². The minimum Gasteiger partial charge on any atom is -0.465 e. The summed E-state index contributed by atoms with van der Waals surface area (Å²) in [4.78, 5) is 47.1. The summed E-state index contributed by atoms with van der Waals surface area (Å²) in [6, 6.07) is 5.06. The van der Waals surface area contributed by atoms with Crippen LogP contribution in [0.2, 0.25) is 0 Å². The van der Waals surface area contributed by atoms with Crippen molar-refractivity contribution in [3.63, 3.8) is 0 Å². The first-order valence-electron chi connectivity index (χ1n) is 7.26. The Labute approximate surface area is 139 Å². The van der Waals surface area contributed by atoms with Gasteiger partial charge >= 0.3 is 18.0 Å². The van der Waals surface area contributed by atoms with Crippen LogP contribution in [-0.4, -0.2) is 43.1 Å². The Balaban J connectivity index is 2.76. The molecule has 0 aliphatic rings. The fourth-order valence-corrected chi connectivity index (χ4v) is 1.74. The van der Waals surface area contributed by atoms with Gasteiger partial charge in [0.15, 0.2) is 6.10 Å². The molecule has 0 saturated carbocycles. The van der Waals surface area contributed by atoms with Crippen molar-refractivity contribution in [2.45, 2.75) is 32.9 Å². The third kappa shape index (κ3) is 5.38. The van der Waals surface area contributed by atoms with Crippen LogP contribution < -0.4 is 10.6 Å². The van der Waals surface area contributed by atoms with E-state index in [1.54, 1.807) is 26.0 Å². The number of esters is 2. The Hall–Kier alpha value is -2.90. The van der Waals surface area contributed by atoms with Gasteiger partial charge in [0.25, 0.3) is 5.91 Å². The zero-order valence-electron chi connectivity index (χ0n) is 13.9. The van der Waals surface area contributed by atoms with Gasteiger partial charge in [-0.1, -0.05) is 12.1 Å². The Morgan fingerprint density at radius 3 is 2.00 bits per heavy atom. The number of urea groups is 1. The predicted molar refractivity (Wildman–Crippen MR) is 84.5 cm³/mol. The average molecular weight is 336 g/mol. The van der Waals surface area contributed by atoms with Crippen LogP contribution >= 0.6 is 0 Å². The fourth-order valence-electron chi connectivity index (χ4n) is 1.74. The number of nitrogens with one attached hydrogen (secondary N) is 2. The number of benzene rings is 1. The molecule has 0 saturated heterocycles. The van der Waals surface area contributed by atoms with Gasteiger partial charge in [0, 0.05) is 6.04 Å². The molecule has 130 valence electrons. The molecule has 8 nitrogen and oxygen atoms in total. The lowest BCUT2D eigenvalue weighted by molar-refractivity contribution is -0.127. The molecular formula is C16H20N2O6. The Morgan fingerprint density at radius 1 is 0.958 bits per heavy atom. The Bertz CT molecular complexity index is 641. The van der Waals surface area contributed by atoms with E-state index in [4.69, 9.17) is 4.74 Å². The van der Waals surface area contributed by atoms with Crippen LogP contribution in [0.25, 0.3) is 0 Å². The molecule has 0 spiro atoms. The summed E-state index contributed by atoms with van der Waals surface area (Å²) in [6.45, 7) is 4.78. The lowest BCUT2D eigenvalue weighted by Gasteiger charge is -2.15. The van der Waals surface area contributed by atoms with E-state index in [-0.39, 0.29) is 17.2 Å². The third-order valence-electron chi connectivity index (χ3n) is 2.86. The lowest BCUT2D eigenvalue weighted by atomic mass is 10.1. The maximum Gasteiger partial charge on any atom is 0.339 e. The molecule has 1 rings (SSSR count). The van der Waals surface area contributed by atoms with Crippen LogP contribution in [0, 0.1) is 0 Å². The first-order chi connectivity index (χ1) is 11.3. The molecular weight excluding hydrogens is 316 g/mol. The van der Waals surface area contributed by atoms with Crippen molar-refractivity contribution in [2.75, 3.05) is 7.11 Å². The highest BCUT2D eigenvalue weighted by molar-refractivity contribution is 6.04. The molecule has 0 aliphatic heterocycles. The number of ether oxygens (including phenoxy) is 2. The molecule has 0 radical (unpaired) electrons. The summed E-state index contributed by atoms with van der Waals surface area (Å²) in [7, 11) is 1.19. The summed E-state index contributed by atoms with van der Waals surface area (Å²) in [5.41, 5.74) is -0.00853. The van der Waals surface area contributed by atoms with Gasteiger partial charge in [-0.05, 0) is 32.9 Å². The van der Waals surface area contributed by atoms with Crippen LogP contribution in [-0.2, 0) is 14.3 Å². The fraction of sp³-hybridized carbons (Fsp3) is 0.375. The van der Waals surface area contributed by atoms with Gasteiger partial charge < -0.3 is 14.8 Å². The second-order valence-corrected chi connectivity index (χ2v) is 5.20. The second-order valence-electron chi connectivity index (χ2n) is 5.20. The third-order valence-corrected chi connectivity index (χ3v) is 2.86. The number of hydrogen-bond acceptors (Lipinski definition) is 6. The van der Waals surface area contributed by atoms with Gasteiger partial charge in [0.2, 0.25) is 0 Å². The topological polar surface area (TPSA) is 111 Å². The monoisotopic (exact) mass is 336 g/mol. The van der Waals surface area contributed by atoms with E-state index >= 15 is 0 Å². The SMILES string of the molecule is COC(=O)c1ccccc1C(=O)OC(C)C(=O)NC(=O)NC(C)C. The van der Waals surface area contributed by atoms with Crippen molar-refractivity contribution in [3.05, 3.63) is 35.4 Å². The predicted octanol–water partition coefficient (Wildman–Crippen LogP) is 1.25. The highest BCUT2D eigenvalue weighted by atomic mass is 16.5. The van der Waals surface area contributed by atoms with Crippen LogP contribution in [0.1, 0.15) is 41.5 Å².